The predicted molar refractivity (Wildman–Crippen MR) is 85.0 cm³/mol. The number of rotatable bonds is 5. The van der Waals surface area contributed by atoms with E-state index in [9.17, 15) is 0 Å². The van der Waals surface area contributed by atoms with Gasteiger partial charge in [-0.3, -0.25) is 0 Å². The second-order valence-corrected chi connectivity index (χ2v) is 5.30. The van der Waals surface area contributed by atoms with E-state index in [0.29, 0.717) is 16.7 Å². The molecule has 0 aliphatic heterocycles. The lowest BCUT2D eigenvalue weighted by Crippen LogP contribution is -2.17. The van der Waals surface area contributed by atoms with Crippen molar-refractivity contribution < 1.29 is 4.74 Å². The molecule has 2 aromatic rings. The van der Waals surface area contributed by atoms with Crippen LogP contribution in [0.4, 0.5) is 0 Å². The molecule has 0 saturated carbocycles. The highest BCUT2D eigenvalue weighted by Gasteiger charge is 2.13. The molecule has 0 heterocycles. The van der Waals surface area contributed by atoms with Crippen molar-refractivity contribution in [2.75, 3.05) is 13.7 Å². The van der Waals surface area contributed by atoms with Gasteiger partial charge in [0.25, 0.3) is 0 Å². The third-order valence-corrected chi connectivity index (χ3v) is 3.47. The van der Waals surface area contributed by atoms with Crippen LogP contribution >= 0.6 is 23.2 Å². The van der Waals surface area contributed by atoms with Crippen LogP contribution in [-0.2, 0) is 0 Å². The summed E-state index contributed by atoms with van der Waals surface area (Å²) < 4.78 is 5.46. The van der Waals surface area contributed by atoms with E-state index in [1.165, 1.54) is 0 Å². The van der Waals surface area contributed by atoms with E-state index < -0.39 is 0 Å². The second kappa shape index (κ2) is 6.98. The van der Waals surface area contributed by atoms with Gasteiger partial charge in [-0.1, -0.05) is 35.3 Å². The fourth-order valence-corrected chi connectivity index (χ4v) is 2.73. The first-order valence-corrected chi connectivity index (χ1v) is 7.25. The van der Waals surface area contributed by atoms with Crippen LogP contribution in [0, 0.1) is 0 Å². The second-order valence-electron chi connectivity index (χ2n) is 4.43. The molecular weight excluding hydrogens is 293 g/mol. The standard InChI is InChI=1S/C16H17Cl2NO/c1-3-20-15-6-4-11(5-7-15)16(19-2)12-8-13(17)10-14(18)9-12/h4-10,16,19H,3H2,1-2H3. The zero-order valence-electron chi connectivity index (χ0n) is 11.5. The first kappa shape index (κ1) is 15.2. The van der Waals surface area contributed by atoms with Gasteiger partial charge < -0.3 is 10.1 Å². The Morgan fingerprint density at radius 2 is 1.60 bits per heavy atom. The van der Waals surface area contributed by atoms with E-state index >= 15 is 0 Å². The highest BCUT2D eigenvalue weighted by molar-refractivity contribution is 6.34. The van der Waals surface area contributed by atoms with E-state index in [1.54, 1.807) is 6.07 Å². The Morgan fingerprint density at radius 3 is 2.10 bits per heavy atom. The Bertz CT molecular complexity index is 549. The summed E-state index contributed by atoms with van der Waals surface area (Å²) in [5, 5.41) is 4.56. The average Bonchev–Trinajstić information content (AvgIpc) is 2.41. The number of nitrogens with one attached hydrogen (secondary N) is 1. The minimum absolute atomic E-state index is 0.0434. The number of benzene rings is 2. The Balaban J connectivity index is 2.31. The third-order valence-electron chi connectivity index (χ3n) is 3.03. The Hall–Kier alpha value is -1.22. The van der Waals surface area contributed by atoms with Crippen LogP contribution < -0.4 is 10.1 Å². The lowest BCUT2D eigenvalue weighted by molar-refractivity contribution is 0.340. The van der Waals surface area contributed by atoms with Gasteiger partial charge >= 0.3 is 0 Å². The maximum atomic E-state index is 6.07. The Labute approximate surface area is 129 Å². The minimum atomic E-state index is 0.0434. The van der Waals surface area contributed by atoms with Gasteiger partial charge in [-0.05, 0) is 55.4 Å². The lowest BCUT2D eigenvalue weighted by atomic mass is 9.99. The van der Waals surface area contributed by atoms with Crippen molar-refractivity contribution in [2.24, 2.45) is 0 Å². The van der Waals surface area contributed by atoms with Crippen LogP contribution in [0.15, 0.2) is 42.5 Å². The summed E-state index contributed by atoms with van der Waals surface area (Å²) in [4.78, 5) is 0. The van der Waals surface area contributed by atoms with Crippen LogP contribution in [0.2, 0.25) is 10.0 Å². The van der Waals surface area contributed by atoms with Gasteiger partial charge in [-0.25, -0.2) is 0 Å². The van der Waals surface area contributed by atoms with E-state index in [0.717, 1.165) is 16.9 Å². The van der Waals surface area contributed by atoms with Crippen LogP contribution in [0.25, 0.3) is 0 Å². The quantitative estimate of drug-likeness (QED) is 0.864. The molecular formula is C16H17Cl2NO. The third kappa shape index (κ3) is 3.66. The van der Waals surface area contributed by atoms with Crippen molar-refractivity contribution in [3.05, 3.63) is 63.6 Å². The fraction of sp³-hybridized carbons (Fsp3) is 0.250. The highest BCUT2D eigenvalue weighted by Crippen LogP contribution is 2.28. The highest BCUT2D eigenvalue weighted by atomic mass is 35.5. The fourth-order valence-electron chi connectivity index (χ4n) is 2.19. The molecule has 0 radical (unpaired) electrons. The molecule has 0 saturated heterocycles. The maximum absolute atomic E-state index is 6.07. The topological polar surface area (TPSA) is 21.3 Å². The van der Waals surface area contributed by atoms with Gasteiger partial charge in [0.1, 0.15) is 5.75 Å². The predicted octanol–water partition coefficient (Wildman–Crippen LogP) is 4.70. The first-order chi connectivity index (χ1) is 9.63. The van der Waals surface area contributed by atoms with Gasteiger partial charge in [-0.15, -0.1) is 0 Å². The molecule has 1 N–H and O–H groups in total. The summed E-state index contributed by atoms with van der Waals surface area (Å²) in [5.74, 6) is 0.871. The molecule has 106 valence electrons. The van der Waals surface area contributed by atoms with Gasteiger partial charge in [-0.2, -0.15) is 0 Å². The SMILES string of the molecule is CCOc1ccc(C(NC)c2cc(Cl)cc(Cl)c2)cc1. The number of hydrogen-bond acceptors (Lipinski definition) is 2. The van der Waals surface area contributed by atoms with Crippen molar-refractivity contribution >= 4 is 23.2 Å². The van der Waals surface area contributed by atoms with Gasteiger partial charge in [0.2, 0.25) is 0 Å². The monoisotopic (exact) mass is 309 g/mol. The van der Waals surface area contributed by atoms with Gasteiger partial charge in [0.15, 0.2) is 0 Å². The Kier molecular flexibility index (Phi) is 5.30. The summed E-state index contributed by atoms with van der Waals surface area (Å²) >= 11 is 12.1. The van der Waals surface area contributed by atoms with Crippen molar-refractivity contribution in [2.45, 2.75) is 13.0 Å². The molecule has 0 aliphatic carbocycles. The molecule has 1 atom stereocenters. The van der Waals surface area contributed by atoms with E-state index in [1.807, 2.05) is 50.4 Å². The van der Waals surface area contributed by atoms with Crippen molar-refractivity contribution in [3.8, 4) is 5.75 Å². The molecule has 0 fully saturated rings. The molecule has 0 bridgehead atoms. The molecule has 1 unspecified atom stereocenters. The molecule has 0 aliphatic rings. The number of halogens is 2. The maximum Gasteiger partial charge on any atom is 0.119 e. The summed E-state index contributed by atoms with van der Waals surface area (Å²) in [5.41, 5.74) is 2.17. The van der Waals surface area contributed by atoms with Crippen LogP contribution in [-0.4, -0.2) is 13.7 Å². The summed E-state index contributed by atoms with van der Waals surface area (Å²) in [6.45, 7) is 2.64. The lowest BCUT2D eigenvalue weighted by Gasteiger charge is -2.18. The number of ether oxygens (including phenoxy) is 1. The molecule has 0 aromatic heterocycles. The molecule has 0 spiro atoms. The summed E-state index contributed by atoms with van der Waals surface area (Å²) in [7, 11) is 1.91. The first-order valence-electron chi connectivity index (χ1n) is 6.50. The van der Waals surface area contributed by atoms with Crippen LogP contribution in [0.3, 0.4) is 0 Å². The van der Waals surface area contributed by atoms with Crippen molar-refractivity contribution in [1.29, 1.82) is 0 Å². The summed E-state index contributed by atoms with van der Waals surface area (Å²) in [6, 6.07) is 13.6. The zero-order valence-corrected chi connectivity index (χ0v) is 13.0. The van der Waals surface area contributed by atoms with E-state index in [2.05, 4.69) is 5.32 Å². The molecule has 0 amide bonds. The van der Waals surface area contributed by atoms with Gasteiger partial charge in [0.05, 0.1) is 12.6 Å². The molecule has 4 heteroatoms. The van der Waals surface area contributed by atoms with E-state index in [4.69, 9.17) is 27.9 Å². The normalized spacial score (nSPS) is 12.2. The minimum Gasteiger partial charge on any atom is -0.494 e. The summed E-state index contributed by atoms with van der Waals surface area (Å²) in [6.07, 6.45) is 0. The average molecular weight is 310 g/mol. The molecule has 2 nitrogen and oxygen atoms in total. The van der Waals surface area contributed by atoms with E-state index in [-0.39, 0.29) is 6.04 Å². The zero-order chi connectivity index (χ0) is 14.5. The van der Waals surface area contributed by atoms with Crippen LogP contribution in [0.1, 0.15) is 24.1 Å². The molecule has 2 aromatic carbocycles. The smallest absolute Gasteiger partial charge is 0.119 e. The van der Waals surface area contributed by atoms with Gasteiger partial charge in [0, 0.05) is 10.0 Å². The number of hydrogen-bond donors (Lipinski definition) is 1. The molecule has 2 rings (SSSR count). The Morgan fingerprint density at radius 1 is 1.00 bits per heavy atom. The van der Waals surface area contributed by atoms with Crippen molar-refractivity contribution in [1.82, 2.24) is 5.32 Å². The molecule has 20 heavy (non-hydrogen) atoms. The van der Waals surface area contributed by atoms with Crippen molar-refractivity contribution in [3.63, 3.8) is 0 Å². The van der Waals surface area contributed by atoms with Crippen LogP contribution in [0.5, 0.6) is 5.75 Å². The largest absolute Gasteiger partial charge is 0.494 e.